The standard InChI is InChI=1S/C36H35NO7/c1-20-9-8-12-24-22-10-6-7-11-23(22)27(32(20)24)19-44-36(39)37-28-15-13-21-17-31(41-3)34(42-4)35(43-5)33(21)25-14-16-30(40-2)29(38)18-26(25)28/h6-12,14,16-18,27-28H,13,15,19H2,1-5H3,(H,37,39). The van der Waals surface area contributed by atoms with Crippen LogP contribution in [0.15, 0.2) is 71.5 Å². The van der Waals surface area contributed by atoms with E-state index in [1.807, 2.05) is 24.3 Å². The average molecular weight is 594 g/mol. The van der Waals surface area contributed by atoms with Gasteiger partial charge < -0.3 is 29.0 Å². The first-order valence-corrected chi connectivity index (χ1v) is 14.6. The van der Waals surface area contributed by atoms with Crippen molar-refractivity contribution in [3.8, 4) is 45.3 Å². The lowest BCUT2D eigenvalue weighted by Gasteiger charge is -2.21. The highest BCUT2D eigenvalue weighted by atomic mass is 16.5. The summed E-state index contributed by atoms with van der Waals surface area (Å²) in [5, 5.41) is 3.07. The van der Waals surface area contributed by atoms with E-state index in [0.717, 1.165) is 27.8 Å². The Balaban J connectivity index is 1.35. The van der Waals surface area contributed by atoms with E-state index in [1.54, 1.807) is 27.4 Å². The Bertz CT molecular complexity index is 1820. The molecule has 0 aliphatic heterocycles. The third-order valence-electron chi connectivity index (χ3n) is 8.69. The van der Waals surface area contributed by atoms with Crippen LogP contribution in [0.1, 0.15) is 46.2 Å². The molecule has 2 aliphatic carbocycles. The van der Waals surface area contributed by atoms with Gasteiger partial charge in [-0.3, -0.25) is 4.79 Å². The molecule has 4 aromatic rings. The van der Waals surface area contributed by atoms with Crippen LogP contribution in [0.5, 0.6) is 23.0 Å². The molecular formula is C36H35NO7. The van der Waals surface area contributed by atoms with Crippen LogP contribution < -0.4 is 29.7 Å². The second-order valence-electron chi connectivity index (χ2n) is 11.0. The van der Waals surface area contributed by atoms with Crippen LogP contribution in [-0.2, 0) is 11.2 Å². The Hall–Kier alpha value is -4.98. The number of hydrogen-bond acceptors (Lipinski definition) is 7. The Morgan fingerprint density at radius 1 is 0.795 bits per heavy atom. The number of benzene rings is 3. The van der Waals surface area contributed by atoms with Gasteiger partial charge in [-0.2, -0.15) is 0 Å². The zero-order valence-electron chi connectivity index (χ0n) is 25.5. The third kappa shape index (κ3) is 4.90. The van der Waals surface area contributed by atoms with Crippen LogP contribution in [0.4, 0.5) is 4.79 Å². The summed E-state index contributed by atoms with van der Waals surface area (Å²) in [4.78, 5) is 26.7. The molecule has 0 bridgehead atoms. The van der Waals surface area contributed by atoms with Crippen molar-refractivity contribution in [2.24, 2.45) is 0 Å². The molecule has 0 spiro atoms. The largest absolute Gasteiger partial charge is 0.493 e. The van der Waals surface area contributed by atoms with Gasteiger partial charge in [-0.1, -0.05) is 48.5 Å². The van der Waals surface area contributed by atoms with Crippen molar-refractivity contribution in [1.29, 1.82) is 0 Å². The van der Waals surface area contributed by atoms with Crippen molar-refractivity contribution in [1.82, 2.24) is 5.32 Å². The summed E-state index contributed by atoms with van der Waals surface area (Å²) in [7, 11) is 6.15. The normalized spacial score (nSPS) is 15.9. The van der Waals surface area contributed by atoms with Crippen molar-refractivity contribution in [2.75, 3.05) is 35.0 Å². The Labute approximate surface area is 256 Å². The van der Waals surface area contributed by atoms with Crippen molar-refractivity contribution in [3.63, 3.8) is 0 Å². The van der Waals surface area contributed by atoms with E-state index in [4.69, 9.17) is 23.7 Å². The maximum Gasteiger partial charge on any atom is 0.407 e. The number of fused-ring (bicyclic) bond motifs is 6. The first-order valence-electron chi connectivity index (χ1n) is 14.6. The molecule has 0 saturated carbocycles. The van der Waals surface area contributed by atoms with Gasteiger partial charge in [0.05, 0.1) is 34.5 Å². The van der Waals surface area contributed by atoms with Gasteiger partial charge in [-0.15, -0.1) is 0 Å². The van der Waals surface area contributed by atoms with E-state index < -0.39 is 12.1 Å². The summed E-state index contributed by atoms with van der Waals surface area (Å²) in [5.74, 6) is 1.58. The van der Waals surface area contributed by atoms with E-state index in [-0.39, 0.29) is 23.7 Å². The van der Waals surface area contributed by atoms with Gasteiger partial charge in [-0.25, -0.2) is 4.79 Å². The number of carbonyl (C=O) groups excluding carboxylic acids is 1. The van der Waals surface area contributed by atoms with E-state index in [1.165, 1.54) is 29.9 Å². The summed E-state index contributed by atoms with van der Waals surface area (Å²) in [6.45, 7) is 2.27. The molecule has 8 heteroatoms. The summed E-state index contributed by atoms with van der Waals surface area (Å²) < 4.78 is 28.4. The molecule has 1 amide bonds. The predicted molar refractivity (Wildman–Crippen MR) is 168 cm³/mol. The molecule has 0 saturated heterocycles. The maximum absolute atomic E-state index is 13.5. The fourth-order valence-corrected chi connectivity index (χ4v) is 6.71. The Morgan fingerprint density at radius 3 is 2.30 bits per heavy atom. The zero-order valence-corrected chi connectivity index (χ0v) is 25.5. The Morgan fingerprint density at radius 2 is 1.55 bits per heavy atom. The monoisotopic (exact) mass is 593 g/mol. The molecule has 0 fully saturated rings. The highest BCUT2D eigenvalue weighted by molar-refractivity contribution is 5.83. The molecule has 0 heterocycles. The number of rotatable bonds is 7. The van der Waals surface area contributed by atoms with E-state index >= 15 is 0 Å². The number of aryl methyl sites for hydroxylation is 2. The SMILES string of the molecule is COc1cc2c(c(OC)c1OC)-c1ccc(OC)c(=O)cc1C(NC(=O)OCC1c3ccccc3-c3cccc(C)c31)CC2. The first-order chi connectivity index (χ1) is 21.4. The van der Waals surface area contributed by atoms with Crippen LogP contribution in [0.25, 0.3) is 22.3 Å². The quantitative estimate of drug-likeness (QED) is 0.259. The number of hydrogen-bond donors (Lipinski definition) is 1. The lowest BCUT2D eigenvalue weighted by Crippen LogP contribution is -2.30. The molecule has 2 atom stereocenters. The number of ether oxygens (including phenoxy) is 5. The molecule has 4 aromatic carbocycles. The van der Waals surface area contributed by atoms with E-state index in [9.17, 15) is 9.59 Å². The van der Waals surface area contributed by atoms with Crippen LogP contribution in [-0.4, -0.2) is 41.1 Å². The van der Waals surface area contributed by atoms with Crippen LogP contribution in [0, 0.1) is 6.92 Å². The predicted octanol–water partition coefficient (Wildman–Crippen LogP) is 6.58. The smallest absolute Gasteiger partial charge is 0.407 e. The molecular weight excluding hydrogens is 558 g/mol. The van der Waals surface area contributed by atoms with E-state index in [0.29, 0.717) is 35.7 Å². The number of nitrogens with one attached hydrogen (secondary N) is 1. The molecule has 1 N–H and O–H groups in total. The van der Waals surface area contributed by atoms with Gasteiger partial charge in [-0.05, 0) is 82.5 Å². The van der Waals surface area contributed by atoms with Gasteiger partial charge in [0, 0.05) is 11.5 Å². The number of carbonyl (C=O) groups is 1. The number of methoxy groups -OCH3 is 4. The van der Waals surface area contributed by atoms with Gasteiger partial charge in [0.2, 0.25) is 11.2 Å². The van der Waals surface area contributed by atoms with Crippen molar-refractivity contribution >= 4 is 6.09 Å². The summed E-state index contributed by atoms with van der Waals surface area (Å²) in [6, 6.07) is 20.9. The molecule has 6 rings (SSSR count). The first kappa shape index (κ1) is 29.1. The topological polar surface area (TPSA) is 92.3 Å². The average Bonchev–Trinajstić information content (AvgIpc) is 3.17. The molecule has 2 unspecified atom stereocenters. The second-order valence-corrected chi connectivity index (χ2v) is 11.0. The van der Waals surface area contributed by atoms with Gasteiger partial charge in [0.25, 0.3) is 0 Å². The second kappa shape index (κ2) is 12.0. The number of amides is 1. The summed E-state index contributed by atoms with van der Waals surface area (Å²) in [6.07, 6.45) is 0.524. The van der Waals surface area contributed by atoms with Gasteiger partial charge in [0.15, 0.2) is 17.2 Å². The minimum atomic E-state index is -0.556. The van der Waals surface area contributed by atoms with Gasteiger partial charge >= 0.3 is 6.09 Å². The molecule has 0 radical (unpaired) electrons. The maximum atomic E-state index is 13.5. The fraction of sp³-hybridized carbons (Fsp3) is 0.278. The summed E-state index contributed by atoms with van der Waals surface area (Å²) >= 11 is 0. The van der Waals surface area contributed by atoms with E-state index in [2.05, 4.69) is 42.6 Å². The molecule has 2 aliphatic rings. The minimum Gasteiger partial charge on any atom is -0.493 e. The van der Waals surface area contributed by atoms with Crippen LogP contribution in [0.3, 0.4) is 0 Å². The lowest BCUT2D eigenvalue weighted by molar-refractivity contribution is 0.138. The lowest BCUT2D eigenvalue weighted by atomic mass is 9.94. The van der Waals surface area contributed by atoms with Crippen molar-refractivity contribution in [2.45, 2.75) is 31.7 Å². The molecule has 226 valence electrons. The van der Waals surface area contributed by atoms with Crippen LogP contribution in [0.2, 0.25) is 0 Å². The van der Waals surface area contributed by atoms with Crippen molar-refractivity contribution in [3.05, 3.63) is 105 Å². The minimum absolute atomic E-state index is 0.0710. The highest BCUT2D eigenvalue weighted by Crippen LogP contribution is 2.50. The van der Waals surface area contributed by atoms with Crippen molar-refractivity contribution < 1.29 is 28.5 Å². The van der Waals surface area contributed by atoms with Gasteiger partial charge in [0.1, 0.15) is 6.61 Å². The molecule has 0 aromatic heterocycles. The molecule has 44 heavy (non-hydrogen) atoms. The molecule has 8 nitrogen and oxygen atoms in total. The zero-order chi connectivity index (χ0) is 31.0. The number of alkyl carbamates (subject to hydrolysis) is 1. The van der Waals surface area contributed by atoms with Crippen LogP contribution >= 0.6 is 0 Å². The highest BCUT2D eigenvalue weighted by Gasteiger charge is 2.33. The third-order valence-corrected chi connectivity index (χ3v) is 8.69. The Kier molecular flexibility index (Phi) is 7.91. The summed E-state index contributed by atoms with van der Waals surface area (Å²) in [5.41, 5.74) is 8.58. The fourth-order valence-electron chi connectivity index (χ4n) is 6.71.